The fourth-order valence-electron chi connectivity index (χ4n) is 3.82. The molecule has 150 valence electrons. The molecular weight excluding hydrogens is 382 g/mol. The van der Waals surface area contributed by atoms with E-state index in [1.165, 1.54) is 19.3 Å². The summed E-state index contributed by atoms with van der Waals surface area (Å²) < 4.78 is 0. The summed E-state index contributed by atoms with van der Waals surface area (Å²) in [4.78, 5) is 23.0. The Balaban J connectivity index is 1.58. The first-order chi connectivity index (χ1) is 14.2. The molecule has 1 fully saturated rings. The second-order valence-electron chi connectivity index (χ2n) is 7.54. The SMILES string of the molecule is O=C(CC1CCCCC1)Nc1ncc(-c2ccc(CO)cc2)nc1-c1cccs1. The minimum Gasteiger partial charge on any atom is -0.392 e. The highest BCUT2D eigenvalue weighted by Crippen LogP contribution is 2.32. The van der Waals surface area contributed by atoms with Gasteiger partial charge >= 0.3 is 0 Å². The first kappa shape index (κ1) is 19.7. The Hall–Kier alpha value is -2.57. The average Bonchev–Trinajstić information content (AvgIpc) is 3.29. The van der Waals surface area contributed by atoms with E-state index >= 15 is 0 Å². The van der Waals surface area contributed by atoms with Crippen LogP contribution < -0.4 is 5.32 Å². The average molecular weight is 408 g/mol. The van der Waals surface area contributed by atoms with Crippen molar-refractivity contribution in [1.82, 2.24) is 9.97 Å². The predicted molar refractivity (Wildman–Crippen MR) is 117 cm³/mol. The topological polar surface area (TPSA) is 75.1 Å². The Labute approximate surface area is 174 Å². The van der Waals surface area contributed by atoms with E-state index in [1.54, 1.807) is 17.5 Å². The molecule has 29 heavy (non-hydrogen) atoms. The van der Waals surface area contributed by atoms with Crippen LogP contribution in [-0.2, 0) is 11.4 Å². The number of aromatic nitrogens is 2. The van der Waals surface area contributed by atoms with E-state index in [2.05, 4.69) is 10.3 Å². The molecule has 2 N–H and O–H groups in total. The van der Waals surface area contributed by atoms with Gasteiger partial charge in [0, 0.05) is 12.0 Å². The largest absolute Gasteiger partial charge is 0.392 e. The molecule has 0 bridgehead atoms. The van der Waals surface area contributed by atoms with Crippen LogP contribution in [0.15, 0.2) is 48.0 Å². The van der Waals surface area contributed by atoms with E-state index in [4.69, 9.17) is 4.98 Å². The summed E-state index contributed by atoms with van der Waals surface area (Å²) >= 11 is 1.58. The molecule has 3 aromatic rings. The van der Waals surface area contributed by atoms with Crippen molar-refractivity contribution in [1.29, 1.82) is 0 Å². The van der Waals surface area contributed by atoms with Gasteiger partial charge in [-0.3, -0.25) is 4.79 Å². The molecule has 0 saturated heterocycles. The first-order valence-electron chi connectivity index (χ1n) is 10.1. The van der Waals surface area contributed by atoms with Crippen molar-refractivity contribution in [3.05, 3.63) is 53.5 Å². The lowest BCUT2D eigenvalue weighted by atomic mass is 9.87. The van der Waals surface area contributed by atoms with Gasteiger partial charge in [-0.15, -0.1) is 11.3 Å². The molecule has 1 aromatic carbocycles. The Morgan fingerprint density at radius 2 is 1.93 bits per heavy atom. The Kier molecular flexibility index (Phi) is 6.32. The summed E-state index contributed by atoms with van der Waals surface area (Å²) in [5.74, 6) is 1.01. The third kappa shape index (κ3) is 4.89. The Morgan fingerprint density at radius 3 is 2.62 bits per heavy atom. The number of benzene rings is 1. The van der Waals surface area contributed by atoms with Crippen LogP contribution in [0, 0.1) is 5.92 Å². The van der Waals surface area contributed by atoms with Gasteiger partial charge in [0.2, 0.25) is 5.91 Å². The maximum absolute atomic E-state index is 12.6. The van der Waals surface area contributed by atoms with Crippen molar-refractivity contribution in [2.24, 2.45) is 5.92 Å². The molecule has 0 atom stereocenters. The van der Waals surface area contributed by atoms with Crippen LogP contribution in [-0.4, -0.2) is 21.0 Å². The van der Waals surface area contributed by atoms with E-state index in [0.717, 1.165) is 34.5 Å². The van der Waals surface area contributed by atoms with Gasteiger partial charge in [-0.1, -0.05) is 49.6 Å². The standard InChI is InChI=1S/C23H25N3O2S/c27-15-17-8-10-18(11-9-17)19-14-24-23(22(25-19)20-7-4-12-29-20)26-21(28)13-16-5-2-1-3-6-16/h4,7-12,14,16,27H,1-3,5-6,13,15H2,(H,24,26,28). The molecule has 2 aromatic heterocycles. The molecule has 0 spiro atoms. The van der Waals surface area contributed by atoms with Gasteiger partial charge in [-0.05, 0) is 35.8 Å². The van der Waals surface area contributed by atoms with Gasteiger partial charge in [0.15, 0.2) is 5.82 Å². The molecule has 6 heteroatoms. The maximum atomic E-state index is 12.6. The minimum absolute atomic E-state index is 0.0123. The Bertz CT molecular complexity index is 949. The summed E-state index contributed by atoms with van der Waals surface area (Å²) in [6.07, 6.45) is 8.26. The lowest BCUT2D eigenvalue weighted by Crippen LogP contribution is -2.19. The number of hydrogen-bond donors (Lipinski definition) is 2. The Morgan fingerprint density at radius 1 is 1.14 bits per heavy atom. The highest BCUT2D eigenvalue weighted by molar-refractivity contribution is 7.13. The van der Waals surface area contributed by atoms with Crippen LogP contribution in [0.2, 0.25) is 0 Å². The molecule has 0 unspecified atom stereocenters. The van der Waals surface area contributed by atoms with Gasteiger partial charge < -0.3 is 10.4 Å². The second kappa shape index (κ2) is 9.29. The molecule has 1 aliphatic rings. The number of amides is 1. The highest BCUT2D eigenvalue weighted by atomic mass is 32.1. The number of rotatable bonds is 6. The van der Waals surface area contributed by atoms with Crippen molar-refractivity contribution in [3.8, 4) is 21.8 Å². The summed E-state index contributed by atoms with van der Waals surface area (Å²) in [7, 11) is 0. The summed E-state index contributed by atoms with van der Waals surface area (Å²) in [6, 6.07) is 11.6. The molecule has 0 radical (unpaired) electrons. The molecule has 1 saturated carbocycles. The zero-order valence-electron chi connectivity index (χ0n) is 16.3. The van der Waals surface area contributed by atoms with Gasteiger partial charge in [0.25, 0.3) is 0 Å². The number of thiophene rings is 1. The third-order valence-corrected chi connectivity index (χ3v) is 6.29. The molecule has 2 heterocycles. The summed E-state index contributed by atoms with van der Waals surface area (Å²) in [5, 5.41) is 14.2. The molecule has 0 aliphatic heterocycles. The van der Waals surface area contributed by atoms with Gasteiger partial charge in [-0.25, -0.2) is 9.97 Å². The van der Waals surface area contributed by atoms with E-state index in [0.29, 0.717) is 23.9 Å². The van der Waals surface area contributed by atoms with Crippen LogP contribution >= 0.6 is 11.3 Å². The lowest BCUT2D eigenvalue weighted by Gasteiger charge is -2.21. The van der Waals surface area contributed by atoms with Gasteiger partial charge in [-0.2, -0.15) is 0 Å². The molecular formula is C23H25N3O2S. The number of anilines is 1. The second-order valence-corrected chi connectivity index (χ2v) is 8.49. The number of aliphatic hydroxyl groups is 1. The molecule has 1 aliphatic carbocycles. The fourth-order valence-corrected chi connectivity index (χ4v) is 4.54. The number of nitrogens with one attached hydrogen (secondary N) is 1. The predicted octanol–water partition coefficient (Wildman–Crippen LogP) is 5.27. The van der Waals surface area contributed by atoms with Crippen molar-refractivity contribution >= 4 is 23.1 Å². The van der Waals surface area contributed by atoms with Crippen molar-refractivity contribution < 1.29 is 9.90 Å². The van der Waals surface area contributed by atoms with Crippen molar-refractivity contribution in [2.45, 2.75) is 45.1 Å². The highest BCUT2D eigenvalue weighted by Gasteiger charge is 2.19. The molecule has 1 amide bonds. The number of hydrogen-bond acceptors (Lipinski definition) is 5. The van der Waals surface area contributed by atoms with Crippen LogP contribution in [0.1, 0.15) is 44.1 Å². The van der Waals surface area contributed by atoms with Gasteiger partial charge in [0.05, 0.1) is 23.4 Å². The van der Waals surface area contributed by atoms with Crippen LogP contribution in [0.25, 0.3) is 21.8 Å². The summed E-state index contributed by atoms with van der Waals surface area (Å²) in [6.45, 7) is 0.0123. The normalized spacial score (nSPS) is 14.7. The molecule has 5 nitrogen and oxygen atoms in total. The van der Waals surface area contributed by atoms with Crippen molar-refractivity contribution in [2.75, 3.05) is 5.32 Å². The van der Waals surface area contributed by atoms with Crippen LogP contribution in [0.5, 0.6) is 0 Å². The number of nitrogens with zero attached hydrogens (tertiary/aromatic N) is 2. The summed E-state index contributed by atoms with van der Waals surface area (Å²) in [5.41, 5.74) is 3.21. The smallest absolute Gasteiger partial charge is 0.225 e. The van der Waals surface area contributed by atoms with E-state index in [9.17, 15) is 9.90 Å². The monoisotopic (exact) mass is 407 g/mol. The zero-order valence-corrected chi connectivity index (χ0v) is 17.1. The van der Waals surface area contributed by atoms with E-state index in [-0.39, 0.29) is 12.5 Å². The number of carbonyl (C=O) groups excluding carboxylic acids is 1. The number of aliphatic hydroxyl groups excluding tert-OH is 1. The van der Waals surface area contributed by atoms with Crippen LogP contribution in [0.4, 0.5) is 5.82 Å². The minimum atomic E-state index is 0.0123. The third-order valence-electron chi connectivity index (χ3n) is 5.42. The first-order valence-corrected chi connectivity index (χ1v) is 11.0. The van der Waals surface area contributed by atoms with Gasteiger partial charge in [0.1, 0.15) is 5.69 Å². The quantitative estimate of drug-likeness (QED) is 0.583. The fraction of sp³-hybridized carbons (Fsp3) is 0.348. The van der Waals surface area contributed by atoms with E-state index < -0.39 is 0 Å². The van der Waals surface area contributed by atoms with Crippen LogP contribution in [0.3, 0.4) is 0 Å². The molecule has 4 rings (SSSR count). The van der Waals surface area contributed by atoms with Crippen molar-refractivity contribution in [3.63, 3.8) is 0 Å². The van der Waals surface area contributed by atoms with E-state index in [1.807, 2.05) is 41.8 Å². The number of carbonyl (C=O) groups is 1. The maximum Gasteiger partial charge on any atom is 0.225 e. The lowest BCUT2D eigenvalue weighted by molar-refractivity contribution is -0.117. The zero-order chi connectivity index (χ0) is 20.1.